The molecule has 0 aliphatic carbocycles. The Kier molecular flexibility index (Phi) is 6.33. The van der Waals surface area contributed by atoms with Gasteiger partial charge >= 0.3 is 12.2 Å². The molecule has 2 fully saturated rings. The van der Waals surface area contributed by atoms with Crippen molar-refractivity contribution in [2.24, 2.45) is 5.92 Å². The molecule has 2 heterocycles. The van der Waals surface area contributed by atoms with Crippen molar-refractivity contribution < 1.29 is 28.2 Å². The fourth-order valence-corrected chi connectivity index (χ4v) is 3.66. The van der Waals surface area contributed by atoms with E-state index in [1.54, 1.807) is 26.1 Å². The van der Waals surface area contributed by atoms with Gasteiger partial charge in [0.25, 0.3) is 0 Å². The number of anilines is 2. The van der Waals surface area contributed by atoms with E-state index in [0.29, 0.717) is 24.5 Å². The van der Waals surface area contributed by atoms with E-state index in [0.717, 1.165) is 0 Å². The van der Waals surface area contributed by atoms with Gasteiger partial charge in [0, 0.05) is 27.1 Å². The minimum Gasteiger partial charge on any atom is -0.450 e. The van der Waals surface area contributed by atoms with E-state index in [2.05, 4.69) is 5.32 Å². The molecule has 164 valence electrons. The average molecular weight is 422 g/mol. The summed E-state index contributed by atoms with van der Waals surface area (Å²) in [6, 6.07) is 4.38. The molecule has 10 heteroatoms. The van der Waals surface area contributed by atoms with E-state index in [9.17, 15) is 18.8 Å². The average Bonchev–Trinajstić information content (AvgIpc) is 3.24. The molecule has 30 heavy (non-hydrogen) atoms. The standard InChI is InChI=1S/C20H27FN4O5/c1-5-29-19(27)22-16-10-24(9-12(16)2)17-7-6-14(8-15(17)21)25-11-18(30-20(25)28)23(4)13(3)26/h6-8,12,16,18H,5,9-11H2,1-4H3,(H,22,27)/t12-,16-,18?/m0/s1. The number of nitrogens with zero attached hydrogens (tertiary/aromatic N) is 3. The van der Waals surface area contributed by atoms with E-state index >= 15 is 0 Å². The van der Waals surface area contributed by atoms with Crippen LogP contribution in [0.1, 0.15) is 20.8 Å². The second-order valence-electron chi connectivity index (χ2n) is 7.57. The van der Waals surface area contributed by atoms with Crippen LogP contribution < -0.4 is 15.1 Å². The van der Waals surface area contributed by atoms with Gasteiger partial charge < -0.3 is 24.6 Å². The Bertz CT molecular complexity index is 835. The summed E-state index contributed by atoms with van der Waals surface area (Å²) in [5.74, 6) is -0.595. The van der Waals surface area contributed by atoms with Crippen LogP contribution in [0.4, 0.5) is 25.4 Å². The monoisotopic (exact) mass is 422 g/mol. The van der Waals surface area contributed by atoms with Crippen LogP contribution >= 0.6 is 0 Å². The molecule has 0 saturated carbocycles. The highest BCUT2D eigenvalue weighted by molar-refractivity contribution is 5.90. The largest absolute Gasteiger partial charge is 0.450 e. The van der Waals surface area contributed by atoms with E-state index in [4.69, 9.17) is 9.47 Å². The SMILES string of the molecule is CCOC(=O)N[C@H]1CN(c2ccc(N3CC(N(C)C(C)=O)OC3=O)cc2F)C[C@@H]1C. The van der Waals surface area contributed by atoms with Crippen LogP contribution in [0.25, 0.3) is 0 Å². The molecule has 1 N–H and O–H groups in total. The van der Waals surface area contributed by atoms with Crippen molar-refractivity contribution in [1.29, 1.82) is 0 Å². The highest BCUT2D eigenvalue weighted by Crippen LogP contribution is 2.31. The molecular formula is C20H27FN4O5. The van der Waals surface area contributed by atoms with Gasteiger partial charge in [0.2, 0.25) is 5.91 Å². The smallest absolute Gasteiger partial charge is 0.416 e. The molecule has 9 nitrogen and oxygen atoms in total. The Labute approximate surface area is 174 Å². The first-order valence-corrected chi connectivity index (χ1v) is 9.90. The topological polar surface area (TPSA) is 91.4 Å². The fourth-order valence-electron chi connectivity index (χ4n) is 3.66. The number of ether oxygens (including phenoxy) is 2. The molecular weight excluding hydrogens is 395 g/mol. The van der Waals surface area contributed by atoms with Gasteiger partial charge in [-0.15, -0.1) is 0 Å². The fraction of sp³-hybridized carbons (Fsp3) is 0.550. The minimum absolute atomic E-state index is 0.116. The Hall–Kier alpha value is -3.04. The number of hydrogen-bond donors (Lipinski definition) is 1. The first kappa shape index (κ1) is 21.7. The van der Waals surface area contributed by atoms with E-state index in [1.807, 2.05) is 11.8 Å². The molecule has 3 atom stereocenters. The van der Waals surface area contributed by atoms with Crippen LogP contribution in [-0.4, -0.2) is 68.6 Å². The highest BCUT2D eigenvalue weighted by Gasteiger charge is 2.37. The predicted molar refractivity (Wildman–Crippen MR) is 108 cm³/mol. The molecule has 2 saturated heterocycles. The lowest BCUT2D eigenvalue weighted by atomic mass is 10.1. The Morgan fingerprint density at radius 1 is 1.33 bits per heavy atom. The van der Waals surface area contributed by atoms with E-state index in [-0.39, 0.29) is 31.0 Å². The lowest BCUT2D eigenvalue weighted by molar-refractivity contribution is -0.134. The molecule has 1 aromatic rings. The van der Waals surface area contributed by atoms with Crippen molar-refractivity contribution in [3.8, 4) is 0 Å². The van der Waals surface area contributed by atoms with Crippen molar-refractivity contribution in [2.45, 2.75) is 33.0 Å². The summed E-state index contributed by atoms with van der Waals surface area (Å²) in [5, 5.41) is 2.81. The maximum atomic E-state index is 14.9. The third-order valence-corrected chi connectivity index (χ3v) is 5.50. The van der Waals surface area contributed by atoms with Gasteiger partial charge in [0.05, 0.1) is 30.6 Å². The number of carbonyl (C=O) groups excluding carboxylic acids is 3. The lowest BCUT2D eigenvalue weighted by Crippen LogP contribution is -2.40. The number of rotatable bonds is 5. The number of carbonyl (C=O) groups is 3. The molecule has 1 aromatic carbocycles. The lowest BCUT2D eigenvalue weighted by Gasteiger charge is -2.22. The minimum atomic E-state index is -0.716. The van der Waals surface area contributed by atoms with Crippen molar-refractivity contribution >= 4 is 29.5 Å². The van der Waals surface area contributed by atoms with Gasteiger partial charge in [0.15, 0.2) is 6.23 Å². The van der Waals surface area contributed by atoms with Crippen LogP contribution in [0.3, 0.4) is 0 Å². The highest BCUT2D eigenvalue weighted by atomic mass is 19.1. The van der Waals surface area contributed by atoms with Gasteiger partial charge in [-0.3, -0.25) is 9.69 Å². The van der Waals surface area contributed by atoms with Crippen LogP contribution in [0.15, 0.2) is 18.2 Å². The molecule has 3 rings (SSSR count). The van der Waals surface area contributed by atoms with Gasteiger partial charge in [-0.25, -0.2) is 14.0 Å². The number of halogens is 1. The summed E-state index contributed by atoms with van der Waals surface area (Å²) in [6.45, 7) is 6.53. The van der Waals surface area contributed by atoms with Crippen molar-refractivity contribution in [3.05, 3.63) is 24.0 Å². The third kappa shape index (κ3) is 4.42. The number of hydrogen-bond acceptors (Lipinski definition) is 6. The zero-order chi connectivity index (χ0) is 22.0. The summed E-state index contributed by atoms with van der Waals surface area (Å²) >= 11 is 0. The molecule has 2 aliphatic rings. The summed E-state index contributed by atoms with van der Waals surface area (Å²) in [6.07, 6.45) is -1.83. The van der Waals surface area contributed by atoms with Gasteiger partial charge in [-0.1, -0.05) is 6.92 Å². The number of amides is 3. The summed E-state index contributed by atoms with van der Waals surface area (Å²) < 4.78 is 25.0. The molecule has 0 bridgehead atoms. The third-order valence-electron chi connectivity index (χ3n) is 5.50. The van der Waals surface area contributed by atoms with Gasteiger partial charge in [-0.05, 0) is 31.0 Å². The molecule has 0 aromatic heterocycles. The quantitative estimate of drug-likeness (QED) is 0.782. The molecule has 1 unspecified atom stereocenters. The van der Waals surface area contributed by atoms with Crippen LogP contribution in [0, 0.1) is 11.7 Å². The van der Waals surface area contributed by atoms with Gasteiger partial charge in [0.1, 0.15) is 5.82 Å². The Morgan fingerprint density at radius 3 is 2.70 bits per heavy atom. The van der Waals surface area contributed by atoms with Crippen LogP contribution in [0.2, 0.25) is 0 Å². The molecule has 2 aliphatic heterocycles. The number of nitrogens with one attached hydrogen (secondary N) is 1. The van der Waals surface area contributed by atoms with Crippen molar-refractivity contribution in [1.82, 2.24) is 10.2 Å². The first-order chi connectivity index (χ1) is 14.2. The maximum Gasteiger partial charge on any atom is 0.416 e. The summed E-state index contributed by atoms with van der Waals surface area (Å²) in [4.78, 5) is 39.9. The van der Waals surface area contributed by atoms with Crippen molar-refractivity contribution in [2.75, 3.05) is 43.1 Å². The van der Waals surface area contributed by atoms with E-state index in [1.165, 1.54) is 22.8 Å². The Balaban J connectivity index is 1.69. The molecule has 3 amide bonds. The number of alkyl carbamates (subject to hydrolysis) is 1. The second-order valence-corrected chi connectivity index (χ2v) is 7.57. The normalized spacial score (nSPS) is 23.4. The summed E-state index contributed by atoms with van der Waals surface area (Å²) in [7, 11) is 1.54. The van der Waals surface area contributed by atoms with Gasteiger partial charge in [-0.2, -0.15) is 0 Å². The number of benzene rings is 1. The zero-order valence-electron chi connectivity index (χ0n) is 17.6. The number of likely N-dealkylation sites (N-methyl/N-ethyl adjacent to an activating group) is 1. The van der Waals surface area contributed by atoms with Crippen LogP contribution in [-0.2, 0) is 14.3 Å². The predicted octanol–water partition coefficient (Wildman–Crippen LogP) is 2.16. The first-order valence-electron chi connectivity index (χ1n) is 9.90. The summed E-state index contributed by atoms with van der Waals surface area (Å²) in [5.41, 5.74) is 0.748. The number of cyclic esters (lactones) is 1. The van der Waals surface area contributed by atoms with E-state index < -0.39 is 24.2 Å². The molecule has 0 spiro atoms. The Morgan fingerprint density at radius 2 is 2.07 bits per heavy atom. The van der Waals surface area contributed by atoms with Crippen LogP contribution in [0.5, 0.6) is 0 Å². The molecule has 0 radical (unpaired) electrons. The second kappa shape index (κ2) is 8.76. The van der Waals surface area contributed by atoms with Crippen molar-refractivity contribution in [3.63, 3.8) is 0 Å². The zero-order valence-corrected chi connectivity index (χ0v) is 17.6. The maximum absolute atomic E-state index is 14.9.